The zero-order chi connectivity index (χ0) is 7.82. The van der Waals surface area contributed by atoms with E-state index in [1.165, 1.54) is 0 Å². The summed E-state index contributed by atoms with van der Waals surface area (Å²) in [5.41, 5.74) is 0. The molecular weight excluding hydrogens is 190 g/mol. The summed E-state index contributed by atoms with van der Waals surface area (Å²) in [6.45, 7) is -1.68. The number of halogens is 2. The van der Waals surface area contributed by atoms with Crippen LogP contribution < -0.4 is 0 Å². The van der Waals surface area contributed by atoms with Crippen LogP contribution in [0, 0.1) is 0 Å². The largest absolute Gasteiger partial charge is 0.347 e. The number of hydrogen-bond donors (Lipinski definition) is 1. The highest BCUT2D eigenvalue weighted by Crippen LogP contribution is 2.40. The lowest BCUT2D eigenvalue weighted by Crippen LogP contribution is -1.47. The van der Waals surface area contributed by atoms with Crippen LogP contribution >= 0.6 is 29.3 Å². The molecule has 10 heavy (non-hydrogen) atoms. The Labute approximate surface area is 71.0 Å². The Morgan fingerprint density at radius 3 is 1.00 bits per heavy atom. The van der Waals surface area contributed by atoms with Gasteiger partial charge in [-0.25, -0.2) is 0 Å². The summed E-state index contributed by atoms with van der Waals surface area (Å²) in [6, 6.07) is 12.0. The maximum Gasteiger partial charge on any atom is 0.222 e. The quantitative estimate of drug-likeness (QED) is 0.632. The van der Waals surface area contributed by atoms with Gasteiger partial charge in [-0.05, 0) is 22.5 Å². The van der Waals surface area contributed by atoms with Gasteiger partial charge in [0, 0.05) is 0 Å². The summed E-state index contributed by atoms with van der Waals surface area (Å²) in [7, 11) is 0. The first kappa shape index (κ1) is 10.2. The molecule has 1 rings (SSSR count). The lowest BCUT2D eigenvalue weighted by molar-refractivity contribution is 0.654. The molecule has 0 aliphatic carbocycles. The van der Waals surface area contributed by atoms with E-state index in [2.05, 4.69) is 22.5 Å². The van der Waals surface area contributed by atoms with Crippen LogP contribution in [0.2, 0.25) is 0 Å². The van der Waals surface area contributed by atoms with Gasteiger partial charge in [0.25, 0.3) is 0 Å². The van der Waals surface area contributed by atoms with Crippen LogP contribution in [0.5, 0.6) is 0 Å². The van der Waals surface area contributed by atoms with Crippen molar-refractivity contribution >= 4 is 29.3 Å². The maximum absolute atomic E-state index is 7.65. The van der Waals surface area contributed by atoms with Crippen molar-refractivity contribution in [3.63, 3.8) is 0 Å². The van der Waals surface area contributed by atoms with E-state index in [4.69, 9.17) is 4.89 Å². The topological polar surface area (TPSA) is 20.2 Å². The monoisotopic (exact) mass is 196 g/mol. The third-order valence-corrected chi connectivity index (χ3v) is 0.667. The van der Waals surface area contributed by atoms with Gasteiger partial charge in [-0.1, -0.05) is 36.4 Å². The van der Waals surface area contributed by atoms with Gasteiger partial charge in [-0.3, -0.25) is 0 Å². The van der Waals surface area contributed by atoms with E-state index >= 15 is 0 Å². The zero-order valence-electron chi connectivity index (χ0n) is 5.11. The predicted molar refractivity (Wildman–Crippen MR) is 47.3 cm³/mol. The third-order valence-electron chi connectivity index (χ3n) is 0.667. The minimum absolute atomic E-state index is 1.68. The Balaban J connectivity index is 0.000000180. The molecule has 0 saturated heterocycles. The SMILES string of the molecule is OP(Cl)Cl.c1ccccc1. The minimum Gasteiger partial charge on any atom is -0.347 e. The highest BCUT2D eigenvalue weighted by Gasteiger charge is 1.79. The first-order chi connectivity index (χ1) is 4.73. The fourth-order valence-electron chi connectivity index (χ4n) is 0.385. The van der Waals surface area contributed by atoms with E-state index < -0.39 is 6.85 Å². The van der Waals surface area contributed by atoms with E-state index in [-0.39, 0.29) is 0 Å². The normalized spacial score (nSPS) is 8.40. The van der Waals surface area contributed by atoms with Crippen LogP contribution in [0.1, 0.15) is 0 Å². The molecule has 0 bridgehead atoms. The van der Waals surface area contributed by atoms with E-state index in [0.717, 1.165) is 0 Å². The molecule has 0 amide bonds. The molecule has 1 nitrogen and oxygen atoms in total. The van der Waals surface area contributed by atoms with Crippen molar-refractivity contribution in [3.8, 4) is 0 Å². The van der Waals surface area contributed by atoms with Crippen molar-refractivity contribution < 1.29 is 4.89 Å². The van der Waals surface area contributed by atoms with Gasteiger partial charge in [-0.2, -0.15) is 0 Å². The molecule has 0 aromatic heterocycles. The molecule has 0 atom stereocenters. The minimum atomic E-state index is -1.68. The van der Waals surface area contributed by atoms with Crippen molar-refractivity contribution in [3.05, 3.63) is 36.4 Å². The molecule has 0 aliphatic rings. The standard InChI is InChI=1S/C6H6.Cl2HOP/c1-2-4-6-5-3-1;1-4(2)3/h1-6H;3H. The summed E-state index contributed by atoms with van der Waals surface area (Å²) in [6.07, 6.45) is 0. The van der Waals surface area contributed by atoms with Gasteiger partial charge >= 0.3 is 0 Å². The molecular formula is C6H7Cl2OP. The molecule has 4 heteroatoms. The fraction of sp³-hybridized carbons (Fsp3) is 0. The molecule has 0 radical (unpaired) electrons. The number of benzene rings is 1. The van der Waals surface area contributed by atoms with Crippen molar-refractivity contribution in [1.29, 1.82) is 0 Å². The highest BCUT2D eigenvalue weighted by molar-refractivity contribution is 7.99. The number of hydrogen-bond acceptors (Lipinski definition) is 1. The third kappa shape index (κ3) is 11.0. The first-order valence-electron chi connectivity index (χ1n) is 2.54. The maximum atomic E-state index is 7.65. The molecule has 0 heterocycles. The van der Waals surface area contributed by atoms with Crippen LogP contribution in [-0.4, -0.2) is 4.89 Å². The van der Waals surface area contributed by atoms with Gasteiger partial charge in [0.15, 0.2) is 0 Å². The van der Waals surface area contributed by atoms with Crippen molar-refractivity contribution in [2.75, 3.05) is 0 Å². The van der Waals surface area contributed by atoms with E-state index in [1.807, 2.05) is 36.4 Å². The van der Waals surface area contributed by atoms with Gasteiger partial charge in [0.2, 0.25) is 6.85 Å². The zero-order valence-corrected chi connectivity index (χ0v) is 7.52. The second kappa shape index (κ2) is 7.30. The lowest BCUT2D eigenvalue weighted by Gasteiger charge is -1.71. The molecule has 1 aromatic carbocycles. The van der Waals surface area contributed by atoms with Crippen LogP contribution in [-0.2, 0) is 0 Å². The average Bonchev–Trinajstić information content (AvgIpc) is 1.90. The Kier molecular flexibility index (Phi) is 7.44. The molecule has 0 saturated carbocycles. The summed E-state index contributed by atoms with van der Waals surface area (Å²) in [5, 5.41) is 0. The van der Waals surface area contributed by atoms with Crippen LogP contribution in [0.4, 0.5) is 0 Å². The second-order valence-corrected chi connectivity index (χ2v) is 4.24. The molecule has 1 aromatic rings. The van der Waals surface area contributed by atoms with Crippen LogP contribution in [0.15, 0.2) is 36.4 Å². The lowest BCUT2D eigenvalue weighted by atomic mass is 10.4. The van der Waals surface area contributed by atoms with Crippen molar-refractivity contribution in [1.82, 2.24) is 0 Å². The Morgan fingerprint density at radius 1 is 0.800 bits per heavy atom. The first-order valence-corrected chi connectivity index (χ1v) is 5.64. The Morgan fingerprint density at radius 2 is 0.900 bits per heavy atom. The van der Waals surface area contributed by atoms with Gasteiger partial charge in [-0.15, -0.1) is 0 Å². The second-order valence-electron chi connectivity index (χ2n) is 1.37. The van der Waals surface area contributed by atoms with Crippen molar-refractivity contribution in [2.45, 2.75) is 0 Å². The van der Waals surface area contributed by atoms with E-state index in [1.54, 1.807) is 0 Å². The molecule has 0 unspecified atom stereocenters. The molecule has 0 spiro atoms. The highest BCUT2D eigenvalue weighted by atomic mass is 35.9. The molecule has 0 fully saturated rings. The molecule has 0 aliphatic heterocycles. The summed E-state index contributed by atoms with van der Waals surface area (Å²) in [4.78, 5) is 7.65. The van der Waals surface area contributed by atoms with Crippen LogP contribution in [0.3, 0.4) is 0 Å². The molecule has 56 valence electrons. The summed E-state index contributed by atoms with van der Waals surface area (Å²) in [5.74, 6) is 0. The van der Waals surface area contributed by atoms with Crippen LogP contribution in [0.25, 0.3) is 0 Å². The Hall–Kier alpha value is 0.190. The van der Waals surface area contributed by atoms with E-state index in [0.29, 0.717) is 0 Å². The summed E-state index contributed by atoms with van der Waals surface area (Å²) >= 11 is 9.32. The smallest absolute Gasteiger partial charge is 0.222 e. The van der Waals surface area contributed by atoms with E-state index in [9.17, 15) is 0 Å². The fourth-order valence-corrected chi connectivity index (χ4v) is 0.385. The van der Waals surface area contributed by atoms with Crippen molar-refractivity contribution in [2.24, 2.45) is 0 Å². The predicted octanol–water partition coefficient (Wildman–Crippen LogP) is 3.37. The number of rotatable bonds is 0. The van der Waals surface area contributed by atoms with Gasteiger partial charge in [0.1, 0.15) is 0 Å². The Bertz CT molecular complexity index is 116. The average molecular weight is 197 g/mol. The van der Waals surface area contributed by atoms with Gasteiger partial charge in [0.05, 0.1) is 0 Å². The van der Waals surface area contributed by atoms with Gasteiger partial charge < -0.3 is 4.89 Å². The molecule has 1 N–H and O–H groups in total. The summed E-state index contributed by atoms with van der Waals surface area (Å²) < 4.78 is 0.